The first kappa shape index (κ1) is 53.9. The molecule has 0 aromatic rings. The highest BCUT2D eigenvalue weighted by atomic mass is 16.6. The summed E-state index contributed by atoms with van der Waals surface area (Å²) in [6.07, 6.45) is 56.0. The van der Waals surface area contributed by atoms with Gasteiger partial charge in [-0.3, -0.25) is 14.4 Å². The molecule has 0 aliphatic heterocycles. The van der Waals surface area contributed by atoms with E-state index in [9.17, 15) is 14.4 Å². The molecular weight excluding hydrogens is 709 g/mol. The van der Waals surface area contributed by atoms with Crippen LogP contribution in [0.5, 0.6) is 0 Å². The number of rotatable bonds is 41. The third-order valence-electron chi connectivity index (χ3n) is 9.82. The molecular formula is C51H86O6. The maximum atomic E-state index is 12.7. The van der Waals surface area contributed by atoms with Gasteiger partial charge >= 0.3 is 17.9 Å². The van der Waals surface area contributed by atoms with Crippen molar-refractivity contribution < 1.29 is 28.6 Å². The first-order chi connectivity index (χ1) is 28.0. The Labute approximate surface area is 351 Å². The predicted octanol–water partition coefficient (Wildman–Crippen LogP) is 15.1. The average molecular weight is 795 g/mol. The number of allylic oxidation sites excluding steroid dienone is 12. The lowest BCUT2D eigenvalue weighted by Crippen LogP contribution is -2.30. The van der Waals surface area contributed by atoms with Crippen LogP contribution in [0.25, 0.3) is 0 Å². The van der Waals surface area contributed by atoms with Crippen molar-refractivity contribution in [3.8, 4) is 0 Å². The lowest BCUT2D eigenvalue weighted by molar-refractivity contribution is -0.167. The van der Waals surface area contributed by atoms with Gasteiger partial charge in [-0.1, -0.05) is 209 Å². The summed E-state index contributed by atoms with van der Waals surface area (Å²) in [6.45, 7) is 6.39. The lowest BCUT2D eigenvalue weighted by atomic mass is 10.0. The molecule has 1 atom stereocenters. The van der Waals surface area contributed by atoms with Gasteiger partial charge in [0.15, 0.2) is 6.10 Å². The molecule has 326 valence electrons. The fraction of sp³-hybridized carbons (Fsp3) is 0.706. The molecule has 0 fully saturated rings. The fourth-order valence-corrected chi connectivity index (χ4v) is 6.29. The predicted molar refractivity (Wildman–Crippen MR) is 242 cm³/mol. The summed E-state index contributed by atoms with van der Waals surface area (Å²) in [5.74, 6) is -0.999. The number of esters is 3. The molecule has 0 aromatic heterocycles. The van der Waals surface area contributed by atoms with E-state index in [1.165, 1.54) is 103 Å². The van der Waals surface area contributed by atoms with Gasteiger partial charge in [-0.05, 0) is 57.8 Å². The van der Waals surface area contributed by atoms with E-state index in [4.69, 9.17) is 14.2 Å². The topological polar surface area (TPSA) is 78.9 Å². The summed E-state index contributed by atoms with van der Waals surface area (Å²) in [5.41, 5.74) is 0. The van der Waals surface area contributed by atoms with Crippen molar-refractivity contribution in [3.05, 3.63) is 72.9 Å². The molecule has 0 heterocycles. The van der Waals surface area contributed by atoms with Crippen LogP contribution in [0.2, 0.25) is 0 Å². The van der Waals surface area contributed by atoms with E-state index < -0.39 is 6.10 Å². The van der Waals surface area contributed by atoms with Crippen molar-refractivity contribution in [1.82, 2.24) is 0 Å². The monoisotopic (exact) mass is 795 g/mol. The molecule has 0 spiro atoms. The van der Waals surface area contributed by atoms with Gasteiger partial charge in [0.2, 0.25) is 0 Å². The summed E-state index contributed by atoms with van der Waals surface area (Å²) in [6, 6.07) is 0. The summed E-state index contributed by atoms with van der Waals surface area (Å²) in [4.78, 5) is 37.8. The normalized spacial score (nSPS) is 12.7. The number of hydrogen-bond acceptors (Lipinski definition) is 6. The molecule has 0 aliphatic carbocycles. The van der Waals surface area contributed by atoms with Crippen LogP contribution < -0.4 is 0 Å². The maximum absolute atomic E-state index is 12.7. The van der Waals surface area contributed by atoms with Crippen LogP contribution in [0.15, 0.2) is 72.9 Å². The molecule has 0 saturated heterocycles. The van der Waals surface area contributed by atoms with Crippen LogP contribution in [0.4, 0.5) is 0 Å². The van der Waals surface area contributed by atoms with Crippen molar-refractivity contribution in [2.75, 3.05) is 13.2 Å². The Balaban J connectivity index is 4.51. The van der Waals surface area contributed by atoms with Gasteiger partial charge in [0, 0.05) is 19.3 Å². The minimum Gasteiger partial charge on any atom is -0.462 e. The number of carbonyl (C=O) groups is 3. The van der Waals surface area contributed by atoms with Gasteiger partial charge in [0.05, 0.1) is 0 Å². The zero-order valence-electron chi connectivity index (χ0n) is 37.1. The molecule has 0 bridgehead atoms. The van der Waals surface area contributed by atoms with Crippen LogP contribution in [0.3, 0.4) is 0 Å². The zero-order valence-corrected chi connectivity index (χ0v) is 37.1. The van der Waals surface area contributed by atoms with E-state index in [2.05, 4.69) is 39.0 Å². The Morgan fingerprint density at radius 2 is 0.719 bits per heavy atom. The van der Waals surface area contributed by atoms with Gasteiger partial charge in [-0.15, -0.1) is 0 Å². The van der Waals surface area contributed by atoms with E-state index in [0.717, 1.165) is 64.2 Å². The molecule has 0 saturated carbocycles. The van der Waals surface area contributed by atoms with E-state index in [-0.39, 0.29) is 37.5 Å². The quantitative estimate of drug-likeness (QED) is 0.0202. The number of ether oxygens (including phenoxy) is 3. The van der Waals surface area contributed by atoms with Gasteiger partial charge in [-0.25, -0.2) is 0 Å². The van der Waals surface area contributed by atoms with Gasteiger partial charge < -0.3 is 14.2 Å². The third-order valence-corrected chi connectivity index (χ3v) is 9.82. The summed E-state index contributed by atoms with van der Waals surface area (Å²) >= 11 is 0. The Hall–Kier alpha value is -3.15. The maximum Gasteiger partial charge on any atom is 0.306 e. The largest absolute Gasteiger partial charge is 0.462 e. The molecule has 0 aliphatic rings. The number of unbranched alkanes of at least 4 members (excludes halogenated alkanes) is 22. The molecule has 0 radical (unpaired) electrons. The Morgan fingerprint density at radius 3 is 1.19 bits per heavy atom. The molecule has 0 amide bonds. The molecule has 57 heavy (non-hydrogen) atoms. The smallest absolute Gasteiger partial charge is 0.306 e. The standard InChI is InChI=1S/C51H86O6/c1-4-7-10-13-16-19-22-25-28-31-34-37-40-43-49(52)55-46-48(57-51(54)45-42-39-36-33-30-27-24-21-18-15-12-9-6-3)47-56-50(53)44-41-38-35-32-29-26-23-20-17-14-11-8-5-2/h7,10,13,16,19,22,25,27-28,30-31,34,48H,4-6,8-9,11-12,14-15,17-18,20-21,23-24,26,29,32-33,35-47H2,1-3H3/b10-7+,16-13+,22-19+,28-25+,30-27+,34-31+. The molecule has 6 nitrogen and oxygen atoms in total. The van der Waals surface area contributed by atoms with Crippen molar-refractivity contribution in [2.45, 2.75) is 219 Å². The molecule has 1 unspecified atom stereocenters. The van der Waals surface area contributed by atoms with Crippen LogP contribution >= 0.6 is 0 Å². The first-order valence-electron chi connectivity index (χ1n) is 23.5. The lowest BCUT2D eigenvalue weighted by Gasteiger charge is -2.18. The highest BCUT2D eigenvalue weighted by Gasteiger charge is 2.19. The van der Waals surface area contributed by atoms with Crippen LogP contribution in [-0.4, -0.2) is 37.2 Å². The van der Waals surface area contributed by atoms with Gasteiger partial charge in [0.25, 0.3) is 0 Å². The Kier molecular flexibility index (Phi) is 43.0. The molecule has 0 aromatic carbocycles. The van der Waals surface area contributed by atoms with Crippen molar-refractivity contribution in [1.29, 1.82) is 0 Å². The summed E-state index contributed by atoms with van der Waals surface area (Å²) in [7, 11) is 0. The van der Waals surface area contributed by atoms with Gasteiger partial charge in [0.1, 0.15) is 13.2 Å². The van der Waals surface area contributed by atoms with Crippen LogP contribution in [0.1, 0.15) is 213 Å². The number of carbonyl (C=O) groups excluding carboxylic acids is 3. The Morgan fingerprint density at radius 1 is 0.368 bits per heavy atom. The first-order valence-corrected chi connectivity index (χ1v) is 23.5. The second-order valence-corrected chi connectivity index (χ2v) is 15.4. The van der Waals surface area contributed by atoms with Crippen molar-refractivity contribution >= 4 is 17.9 Å². The second-order valence-electron chi connectivity index (χ2n) is 15.4. The van der Waals surface area contributed by atoms with E-state index in [1.807, 2.05) is 54.7 Å². The number of hydrogen-bond donors (Lipinski definition) is 0. The Bertz CT molecular complexity index is 1100. The summed E-state index contributed by atoms with van der Waals surface area (Å²) in [5, 5.41) is 0. The minimum atomic E-state index is -0.808. The highest BCUT2D eigenvalue weighted by Crippen LogP contribution is 2.14. The zero-order chi connectivity index (χ0) is 41.5. The van der Waals surface area contributed by atoms with Crippen molar-refractivity contribution in [2.24, 2.45) is 0 Å². The SMILES string of the molecule is CC/C=C/C=C/C=C/C=C/C=C/CCCC(=O)OCC(COC(=O)CCCCCCCCCCCCCCC)OC(=O)CCCCC/C=C/CCCCCCCC. The van der Waals surface area contributed by atoms with E-state index >= 15 is 0 Å². The molecule has 6 heteroatoms. The van der Waals surface area contributed by atoms with Crippen LogP contribution in [0, 0.1) is 0 Å². The molecule has 0 N–H and O–H groups in total. The highest BCUT2D eigenvalue weighted by molar-refractivity contribution is 5.71. The third kappa shape index (κ3) is 43.8. The minimum absolute atomic E-state index is 0.103. The van der Waals surface area contributed by atoms with Crippen LogP contribution in [-0.2, 0) is 28.6 Å². The summed E-state index contributed by atoms with van der Waals surface area (Å²) < 4.78 is 16.6. The van der Waals surface area contributed by atoms with Gasteiger partial charge in [-0.2, -0.15) is 0 Å². The molecule has 0 rings (SSSR count). The van der Waals surface area contributed by atoms with Crippen molar-refractivity contribution in [3.63, 3.8) is 0 Å². The van der Waals surface area contributed by atoms with E-state index in [0.29, 0.717) is 19.3 Å². The average Bonchev–Trinajstić information content (AvgIpc) is 3.21. The van der Waals surface area contributed by atoms with E-state index in [1.54, 1.807) is 0 Å². The second kappa shape index (κ2) is 45.6. The fourth-order valence-electron chi connectivity index (χ4n) is 6.29.